The number of hydrogen-bond donors (Lipinski definition) is 1. The molecule has 7 heteroatoms. The third kappa shape index (κ3) is 3.03. The van der Waals surface area contributed by atoms with Gasteiger partial charge in [0.1, 0.15) is 5.82 Å². The molecule has 0 aromatic carbocycles. The SMILES string of the molecule is CC(=O)N1CCC[C@H]1c1nc(C)cc(Nc2ncccn2)n1. The summed E-state index contributed by atoms with van der Waals surface area (Å²) in [5, 5.41) is 3.08. The summed E-state index contributed by atoms with van der Waals surface area (Å²) in [5.41, 5.74) is 0.846. The highest BCUT2D eigenvalue weighted by Crippen LogP contribution is 2.30. The Labute approximate surface area is 128 Å². The molecule has 1 saturated heterocycles. The summed E-state index contributed by atoms with van der Waals surface area (Å²) < 4.78 is 0. The van der Waals surface area contributed by atoms with Gasteiger partial charge in [0.15, 0.2) is 5.82 Å². The van der Waals surface area contributed by atoms with Gasteiger partial charge >= 0.3 is 0 Å². The van der Waals surface area contributed by atoms with Crippen LogP contribution in [0.3, 0.4) is 0 Å². The molecule has 2 aromatic heterocycles. The molecule has 0 spiro atoms. The summed E-state index contributed by atoms with van der Waals surface area (Å²) >= 11 is 0. The van der Waals surface area contributed by atoms with Gasteiger partial charge in [0, 0.05) is 37.6 Å². The van der Waals surface area contributed by atoms with Crippen molar-refractivity contribution in [3.8, 4) is 0 Å². The number of aryl methyl sites for hydroxylation is 1. The molecule has 1 N–H and O–H groups in total. The Morgan fingerprint density at radius 3 is 2.82 bits per heavy atom. The van der Waals surface area contributed by atoms with Crippen molar-refractivity contribution in [1.82, 2.24) is 24.8 Å². The van der Waals surface area contributed by atoms with E-state index < -0.39 is 0 Å². The zero-order valence-corrected chi connectivity index (χ0v) is 12.7. The summed E-state index contributed by atoms with van der Waals surface area (Å²) in [4.78, 5) is 30.9. The lowest BCUT2D eigenvalue weighted by Crippen LogP contribution is -2.29. The van der Waals surface area contributed by atoms with Crippen molar-refractivity contribution in [2.75, 3.05) is 11.9 Å². The van der Waals surface area contributed by atoms with E-state index in [2.05, 4.69) is 25.3 Å². The molecular weight excluding hydrogens is 280 g/mol. The monoisotopic (exact) mass is 298 g/mol. The molecule has 22 heavy (non-hydrogen) atoms. The summed E-state index contributed by atoms with van der Waals surface area (Å²) in [6.45, 7) is 4.27. The van der Waals surface area contributed by atoms with Gasteiger partial charge in [-0.1, -0.05) is 0 Å². The smallest absolute Gasteiger partial charge is 0.228 e. The summed E-state index contributed by atoms with van der Waals surface area (Å²) in [5.74, 6) is 1.87. The molecule has 0 aliphatic carbocycles. The predicted molar refractivity (Wildman–Crippen MR) is 81.4 cm³/mol. The zero-order valence-electron chi connectivity index (χ0n) is 12.7. The molecule has 1 aliphatic heterocycles. The van der Waals surface area contributed by atoms with Crippen LogP contribution in [0.15, 0.2) is 24.5 Å². The fourth-order valence-electron chi connectivity index (χ4n) is 2.69. The molecule has 1 amide bonds. The number of carbonyl (C=O) groups excluding carboxylic acids is 1. The summed E-state index contributed by atoms with van der Waals surface area (Å²) in [6.07, 6.45) is 5.20. The van der Waals surface area contributed by atoms with Crippen LogP contribution in [0.4, 0.5) is 11.8 Å². The minimum Gasteiger partial charge on any atom is -0.333 e. The second-order valence-corrected chi connectivity index (χ2v) is 5.32. The molecule has 2 aromatic rings. The first kappa shape index (κ1) is 14.4. The van der Waals surface area contributed by atoms with Crippen LogP contribution in [0.2, 0.25) is 0 Å². The maximum atomic E-state index is 11.7. The highest BCUT2D eigenvalue weighted by molar-refractivity contribution is 5.74. The summed E-state index contributed by atoms with van der Waals surface area (Å²) in [6, 6.07) is 3.55. The first-order valence-electron chi connectivity index (χ1n) is 7.30. The highest BCUT2D eigenvalue weighted by atomic mass is 16.2. The molecule has 3 heterocycles. The fourth-order valence-corrected chi connectivity index (χ4v) is 2.69. The zero-order chi connectivity index (χ0) is 15.5. The third-order valence-electron chi connectivity index (χ3n) is 3.63. The number of anilines is 2. The van der Waals surface area contributed by atoms with Gasteiger partial charge < -0.3 is 10.2 Å². The van der Waals surface area contributed by atoms with Crippen molar-refractivity contribution < 1.29 is 4.79 Å². The van der Waals surface area contributed by atoms with Crippen LogP contribution in [-0.2, 0) is 4.79 Å². The average Bonchev–Trinajstić information content (AvgIpc) is 2.97. The molecule has 0 unspecified atom stereocenters. The van der Waals surface area contributed by atoms with E-state index >= 15 is 0 Å². The van der Waals surface area contributed by atoms with Crippen molar-refractivity contribution >= 4 is 17.7 Å². The minimum atomic E-state index is -0.0466. The molecule has 0 radical (unpaired) electrons. The first-order chi connectivity index (χ1) is 10.6. The van der Waals surface area contributed by atoms with Crippen molar-refractivity contribution in [2.24, 2.45) is 0 Å². The van der Waals surface area contributed by atoms with Gasteiger partial charge in [-0.05, 0) is 25.8 Å². The molecular formula is C15H18N6O. The standard InChI is InChI=1S/C15H18N6O/c1-10-9-13(20-15-16-6-4-7-17-15)19-14(18-10)12-5-3-8-21(12)11(2)22/h4,6-7,9,12H,3,5,8H2,1-2H3,(H,16,17,18,19,20)/t12-/m0/s1. The van der Waals surface area contributed by atoms with Crippen molar-refractivity contribution in [3.05, 3.63) is 36.0 Å². The molecule has 114 valence electrons. The van der Waals surface area contributed by atoms with E-state index in [1.807, 2.05) is 17.9 Å². The lowest BCUT2D eigenvalue weighted by molar-refractivity contribution is -0.129. The van der Waals surface area contributed by atoms with E-state index in [4.69, 9.17) is 0 Å². The quantitative estimate of drug-likeness (QED) is 0.933. The number of likely N-dealkylation sites (tertiary alicyclic amines) is 1. The van der Waals surface area contributed by atoms with Gasteiger partial charge in [0.05, 0.1) is 6.04 Å². The molecule has 1 aliphatic rings. The van der Waals surface area contributed by atoms with Crippen molar-refractivity contribution in [3.63, 3.8) is 0 Å². The van der Waals surface area contributed by atoms with E-state index in [0.29, 0.717) is 17.6 Å². The highest BCUT2D eigenvalue weighted by Gasteiger charge is 2.30. The average molecular weight is 298 g/mol. The van der Waals surface area contributed by atoms with Crippen LogP contribution in [0.25, 0.3) is 0 Å². The van der Waals surface area contributed by atoms with Gasteiger partial charge in [-0.3, -0.25) is 4.79 Å². The molecule has 0 bridgehead atoms. The second-order valence-electron chi connectivity index (χ2n) is 5.32. The van der Waals surface area contributed by atoms with Crippen LogP contribution in [0, 0.1) is 6.92 Å². The van der Waals surface area contributed by atoms with Crippen LogP contribution in [-0.4, -0.2) is 37.3 Å². The predicted octanol–water partition coefficient (Wildman–Crippen LogP) is 2.00. The molecule has 1 atom stereocenters. The Morgan fingerprint density at radius 2 is 2.09 bits per heavy atom. The molecule has 7 nitrogen and oxygen atoms in total. The van der Waals surface area contributed by atoms with Gasteiger partial charge in [0.25, 0.3) is 0 Å². The Bertz CT molecular complexity index is 675. The number of hydrogen-bond acceptors (Lipinski definition) is 6. The second kappa shape index (κ2) is 6.05. The van der Waals surface area contributed by atoms with Crippen LogP contribution in [0.5, 0.6) is 0 Å². The van der Waals surface area contributed by atoms with E-state index in [1.54, 1.807) is 25.4 Å². The molecule has 3 rings (SSSR count). The van der Waals surface area contributed by atoms with E-state index in [0.717, 1.165) is 25.1 Å². The van der Waals surface area contributed by atoms with E-state index in [9.17, 15) is 4.79 Å². The normalized spacial score (nSPS) is 17.5. The lowest BCUT2D eigenvalue weighted by Gasteiger charge is -2.22. The van der Waals surface area contributed by atoms with Gasteiger partial charge in [-0.15, -0.1) is 0 Å². The number of carbonyl (C=O) groups is 1. The Morgan fingerprint density at radius 1 is 1.32 bits per heavy atom. The summed E-state index contributed by atoms with van der Waals surface area (Å²) in [7, 11) is 0. The number of amides is 1. The largest absolute Gasteiger partial charge is 0.333 e. The van der Waals surface area contributed by atoms with Gasteiger partial charge in [-0.25, -0.2) is 19.9 Å². The van der Waals surface area contributed by atoms with Gasteiger partial charge in [0.2, 0.25) is 11.9 Å². The Kier molecular flexibility index (Phi) is 3.95. The topological polar surface area (TPSA) is 83.9 Å². The minimum absolute atomic E-state index is 0.0466. The van der Waals surface area contributed by atoms with Crippen LogP contribution >= 0.6 is 0 Å². The number of nitrogens with zero attached hydrogens (tertiary/aromatic N) is 5. The lowest BCUT2D eigenvalue weighted by atomic mass is 10.2. The van der Waals surface area contributed by atoms with Crippen LogP contribution < -0.4 is 5.32 Å². The molecule has 1 fully saturated rings. The van der Waals surface area contributed by atoms with E-state index in [1.165, 1.54) is 0 Å². The maximum absolute atomic E-state index is 11.7. The Hall–Kier alpha value is -2.57. The van der Waals surface area contributed by atoms with Crippen molar-refractivity contribution in [2.45, 2.75) is 32.7 Å². The van der Waals surface area contributed by atoms with Gasteiger partial charge in [-0.2, -0.15) is 0 Å². The first-order valence-corrected chi connectivity index (χ1v) is 7.30. The number of aromatic nitrogens is 4. The maximum Gasteiger partial charge on any atom is 0.228 e. The molecule has 0 saturated carbocycles. The van der Waals surface area contributed by atoms with Crippen molar-refractivity contribution in [1.29, 1.82) is 0 Å². The van der Waals surface area contributed by atoms with E-state index in [-0.39, 0.29) is 11.9 Å². The third-order valence-corrected chi connectivity index (χ3v) is 3.63. The van der Waals surface area contributed by atoms with Crippen LogP contribution in [0.1, 0.15) is 37.3 Å². The Balaban J connectivity index is 1.88. The number of rotatable bonds is 3. The number of nitrogens with one attached hydrogen (secondary N) is 1. The fraction of sp³-hybridized carbons (Fsp3) is 0.400.